The number of nitrogens with zero attached hydrogens (tertiary/aromatic N) is 2. The molecule has 3 heteroatoms. The first kappa shape index (κ1) is 14.8. The highest BCUT2D eigenvalue weighted by molar-refractivity contribution is 5.25. The molecule has 1 aromatic carbocycles. The molecule has 1 atom stereocenters. The van der Waals surface area contributed by atoms with Crippen molar-refractivity contribution in [1.29, 1.82) is 0 Å². The topological polar surface area (TPSA) is 29.9 Å². The summed E-state index contributed by atoms with van der Waals surface area (Å²) in [6, 6.07) is 11.3. The molecule has 108 valence electrons. The number of aryl methyl sites for hydroxylation is 2. The summed E-state index contributed by atoms with van der Waals surface area (Å²) in [4.78, 5) is 0. The van der Waals surface area contributed by atoms with Crippen molar-refractivity contribution < 1.29 is 0 Å². The summed E-state index contributed by atoms with van der Waals surface area (Å²) in [6.07, 6.45) is 4.28. The van der Waals surface area contributed by atoms with E-state index in [1.165, 1.54) is 11.1 Å². The van der Waals surface area contributed by atoms with Gasteiger partial charge >= 0.3 is 0 Å². The second kappa shape index (κ2) is 7.25. The largest absolute Gasteiger partial charge is 0.308 e. The minimum Gasteiger partial charge on any atom is -0.308 e. The Morgan fingerprint density at radius 1 is 1.15 bits per heavy atom. The number of hydrogen-bond donors (Lipinski definition) is 1. The van der Waals surface area contributed by atoms with E-state index in [2.05, 4.69) is 60.8 Å². The van der Waals surface area contributed by atoms with Crippen molar-refractivity contribution in [3.63, 3.8) is 0 Å². The Morgan fingerprint density at radius 2 is 1.90 bits per heavy atom. The molecule has 1 aromatic heterocycles. The maximum atomic E-state index is 4.49. The van der Waals surface area contributed by atoms with Crippen LogP contribution in [0.3, 0.4) is 0 Å². The molecule has 1 N–H and O–H groups in total. The van der Waals surface area contributed by atoms with Crippen LogP contribution in [0.25, 0.3) is 0 Å². The summed E-state index contributed by atoms with van der Waals surface area (Å²) in [6.45, 7) is 8.32. The maximum Gasteiger partial charge on any atom is 0.0604 e. The zero-order chi connectivity index (χ0) is 14.4. The van der Waals surface area contributed by atoms with Gasteiger partial charge in [-0.05, 0) is 43.5 Å². The molecule has 0 aliphatic rings. The van der Waals surface area contributed by atoms with Crippen molar-refractivity contribution in [2.45, 2.75) is 46.2 Å². The summed E-state index contributed by atoms with van der Waals surface area (Å²) in [7, 11) is 0. The molecule has 20 heavy (non-hydrogen) atoms. The Labute approximate surface area is 122 Å². The average Bonchev–Trinajstić information content (AvgIpc) is 2.89. The van der Waals surface area contributed by atoms with Crippen LogP contribution in [-0.4, -0.2) is 16.3 Å². The molecule has 3 nitrogen and oxygen atoms in total. The number of benzene rings is 1. The minimum absolute atomic E-state index is 0.320. The molecule has 2 rings (SSSR count). The van der Waals surface area contributed by atoms with Crippen molar-refractivity contribution in [3.8, 4) is 0 Å². The van der Waals surface area contributed by atoms with Gasteiger partial charge in [0.1, 0.15) is 0 Å². The maximum absolute atomic E-state index is 4.49. The van der Waals surface area contributed by atoms with Crippen LogP contribution in [0.5, 0.6) is 0 Å². The van der Waals surface area contributed by atoms with Gasteiger partial charge in [-0.15, -0.1) is 0 Å². The Hall–Kier alpha value is -1.61. The third-order valence-corrected chi connectivity index (χ3v) is 3.57. The first-order valence-electron chi connectivity index (χ1n) is 7.55. The molecule has 0 saturated carbocycles. The van der Waals surface area contributed by atoms with Crippen molar-refractivity contribution in [3.05, 3.63) is 53.3 Å². The van der Waals surface area contributed by atoms with E-state index in [1.54, 1.807) is 0 Å². The van der Waals surface area contributed by atoms with Crippen LogP contribution >= 0.6 is 0 Å². The van der Waals surface area contributed by atoms with Crippen LogP contribution in [0.4, 0.5) is 0 Å². The van der Waals surface area contributed by atoms with Gasteiger partial charge < -0.3 is 5.32 Å². The first-order valence-corrected chi connectivity index (χ1v) is 7.55. The fraction of sp³-hybridized carbons (Fsp3) is 0.471. The normalized spacial score (nSPS) is 12.6. The minimum atomic E-state index is 0.320. The molecule has 1 heterocycles. The molecular weight excluding hydrogens is 246 g/mol. The molecule has 2 aromatic rings. The predicted octanol–water partition coefficient (Wildman–Crippen LogP) is 3.49. The smallest absolute Gasteiger partial charge is 0.0604 e. The number of nitrogens with one attached hydrogen (secondary N) is 1. The quantitative estimate of drug-likeness (QED) is 0.835. The number of aromatic nitrogens is 2. The lowest BCUT2D eigenvalue weighted by Gasteiger charge is -2.19. The van der Waals surface area contributed by atoms with E-state index in [9.17, 15) is 0 Å². The average molecular weight is 271 g/mol. The lowest BCUT2D eigenvalue weighted by Crippen LogP contribution is -2.26. The molecule has 0 spiro atoms. The summed E-state index contributed by atoms with van der Waals surface area (Å²) in [5.74, 6) is 0. The van der Waals surface area contributed by atoms with Gasteiger partial charge in [0.25, 0.3) is 0 Å². The third-order valence-electron chi connectivity index (χ3n) is 3.57. The van der Waals surface area contributed by atoms with E-state index in [0.717, 1.165) is 31.6 Å². The van der Waals surface area contributed by atoms with E-state index < -0.39 is 0 Å². The van der Waals surface area contributed by atoms with Crippen molar-refractivity contribution in [2.24, 2.45) is 0 Å². The number of hydrogen-bond acceptors (Lipinski definition) is 2. The first-order chi connectivity index (χ1) is 9.72. The lowest BCUT2D eigenvalue weighted by atomic mass is 10.0. The zero-order valence-corrected chi connectivity index (χ0v) is 12.8. The standard InChI is InChI=1S/C17H25N3/c1-4-11-18-17(13-20-12-10-14(3)19-20)16-8-6-15(5-2)7-9-16/h6-10,12,17-18H,4-5,11,13H2,1-3H3. The van der Waals surface area contributed by atoms with Crippen LogP contribution in [-0.2, 0) is 13.0 Å². The van der Waals surface area contributed by atoms with Gasteiger partial charge in [-0.2, -0.15) is 5.10 Å². The molecule has 0 fully saturated rings. The van der Waals surface area contributed by atoms with Gasteiger partial charge in [-0.25, -0.2) is 0 Å². The van der Waals surface area contributed by atoms with Crippen LogP contribution in [0.2, 0.25) is 0 Å². The van der Waals surface area contributed by atoms with E-state index in [-0.39, 0.29) is 0 Å². The summed E-state index contributed by atoms with van der Waals surface area (Å²) in [5.41, 5.74) is 3.79. The Kier molecular flexibility index (Phi) is 5.36. The Bertz CT molecular complexity index is 513. The second-order valence-corrected chi connectivity index (χ2v) is 5.28. The summed E-state index contributed by atoms with van der Waals surface area (Å²) in [5, 5.41) is 8.11. The Balaban J connectivity index is 2.12. The molecule has 0 aliphatic heterocycles. The predicted molar refractivity (Wildman–Crippen MR) is 83.8 cm³/mol. The van der Waals surface area contributed by atoms with Crippen molar-refractivity contribution >= 4 is 0 Å². The fourth-order valence-electron chi connectivity index (χ4n) is 2.34. The van der Waals surface area contributed by atoms with Gasteiger partial charge in [0.15, 0.2) is 0 Å². The van der Waals surface area contributed by atoms with Crippen LogP contribution in [0.1, 0.15) is 43.1 Å². The highest BCUT2D eigenvalue weighted by Crippen LogP contribution is 2.16. The number of rotatable bonds is 7. The van der Waals surface area contributed by atoms with Gasteiger partial charge in [-0.1, -0.05) is 38.1 Å². The van der Waals surface area contributed by atoms with Crippen LogP contribution < -0.4 is 5.32 Å². The molecule has 1 unspecified atom stereocenters. The van der Waals surface area contributed by atoms with Crippen LogP contribution in [0, 0.1) is 6.92 Å². The van der Waals surface area contributed by atoms with Gasteiger partial charge in [0.05, 0.1) is 18.3 Å². The molecular formula is C17H25N3. The summed E-state index contributed by atoms with van der Waals surface area (Å²) >= 11 is 0. The molecule has 0 aliphatic carbocycles. The third kappa shape index (κ3) is 3.94. The summed E-state index contributed by atoms with van der Waals surface area (Å²) < 4.78 is 2.02. The van der Waals surface area contributed by atoms with E-state index in [1.807, 2.05) is 11.6 Å². The second-order valence-electron chi connectivity index (χ2n) is 5.28. The van der Waals surface area contributed by atoms with E-state index >= 15 is 0 Å². The molecule has 0 saturated heterocycles. The van der Waals surface area contributed by atoms with Gasteiger partial charge in [0.2, 0.25) is 0 Å². The zero-order valence-electron chi connectivity index (χ0n) is 12.8. The molecule has 0 amide bonds. The SMILES string of the molecule is CCCNC(Cn1ccc(C)n1)c1ccc(CC)cc1. The highest BCUT2D eigenvalue weighted by Gasteiger charge is 2.11. The highest BCUT2D eigenvalue weighted by atomic mass is 15.3. The monoisotopic (exact) mass is 271 g/mol. The van der Waals surface area contributed by atoms with Gasteiger partial charge in [-0.3, -0.25) is 4.68 Å². The van der Waals surface area contributed by atoms with E-state index in [4.69, 9.17) is 0 Å². The van der Waals surface area contributed by atoms with Crippen molar-refractivity contribution in [1.82, 2.24) is 15.1 Å². The van der Waals surface area contributed by atoms with E-state index in [0.29, 0.717) is 6.04 Å². The lowest BCUT2D eigenvalue weighted by molar-refractivity contribution is 0.438. The van der Waals surface area contributed by atoms with Crippen molar-refractivity contribution in [2.75, 3.05) is 6.54 Å². The van der Waals surface area contributed by atoms with Crippen LogP contribution in [0.15, 0.2) is 36.5 Å². The fourth-order valence-corrected chi connectivity index (χ4v) is 2.34. The van der Waals surface area contributed by atoms with Gasteiger partial charge in [0, 0.05) is 6.20 Å². The Morgan fingerprint density at radius 3 is 2.45 bits per heavy atom. The molecule has 0 bridgehead atoms. The molecule has 0 radical (unpaired) electrons.